The number of carbonyl (C=O) groups is 3. The van der Waals surface area contributed by atoms with Crippen LogP contribution in [0.25, 0.3) is 0 Å². The van der Waals surface area contributed by atoms with Gasteiger partial charge < -0.3 is 15.2 Å². The molecular weight excluding hydrogens is 560 g/mol. The van der Waals surface area contributed by atoms with Gasteiger partial charge in [0.15, 0.2) is 11.6 Å². The van der Waals surface area contributed by atoms with Gasteiger partial charge in [0.1, 0.15) is 5.69 Å². The van der Waals surface area contributed by atoms with Crippen LogP contribution < -0.4 is 10.6 Å². The van der Waals surface area contributed by atoms with Crippen LogP contribution in [0.15, 0.2) is 24.4 Å². The van der Waals surface area contributed by atoms with E-state index in [0.717, 1.165) is 12.1 Å². The largest absolute Gasteiger partial charge is 0.341 e. The van der Waals surface area contributed by atoms with Crippen molar-refractivity contribution in [3.05, 3.63) is 64.2 Å². The molecule has 0 spiro atoms. The molecule has 2 amide bonds. The molecule has 0 bridgehead atoms. The minimum atomic E-state index is -3.05. The van der Waals surface area contributed by atoms with Crippen molar-refractivity contribution in [1.82, 2.24) is 24.9 Å². The third-order valence-electron chi connectivity index (χ3n) is 7.37. The smallest absolute Gasteiger partial charge is 0.294 e. The van der Waals surface area contributed by atoms with Crippen molar-refractivity contribution in [2.75, 3.05) is 5.32 Å². The number of halogens is 4. The minimum Gasteiger partial charge on any atom is -0.341 e. The van der Waals surface area contributed by atoms with Crippen LogP contribution in [-0.4, -0.2) is 51.2 Å². The van der Waals surface area contributed by atoms with Gasteiger partial charge in [0.2, 0.25) is 0 Å². The van der Waals surface area contributed by atoms with Crippen molar-refractivity contribution < 1.29 is 31.9 Å². The van der Waals surface area contributed by atoms with E-state index < -0.39 is 61.6 Å². The first kappa shape index (κ1) is 28.7. The van der Waals surface area contributed by atoms with E-state index in [9.17, 15) is 31.9 Å². The molecule has 0 saturated heterocycles. The van der Waals surface area contributed by atoms with E-state index in [2.05, 4.69) is 40.6 Å². The molecule has 1 saturated carbocycles. The Hall–Kier alpha value is -3.81. The van der Waals surface area contributed by atoms with Crippen molar-refractivity contribution in [3.8, 4) is 0 Å². The van der Waals surface area contributed by atoms with E-state index in [0.29, 0.717) is 31.2 Å². The zero-order valence-corrected chi connectivity index (χ0v) is 24.1. The highest BCUT2D eigenvalue weighted by Gasteiger charge is 2.60. The van der Waals surface area contributed by atoms with Gasteiger partial charge in [0, 0.05) is 43.0 Å². The molecule has 1 fully saturated rings. The first-order chi connectivity index (χ1) is 19.1. The third-order valence-corrected chi connectivity index (χ3v) is 8.65. The van der Waals surface area contributed by atoms with E-state index >= 15 is 0 Å². The fourth-order valence-corrected chi connectivity index (χ4v) is 6.83. The highest BCUT2D eigenvalue weighted by molar-refractivity contribution is 6.74. The molecule has 2 aromatic heterocycles. The van der Waals surface area contributed by atoms with Crippen molar-refractivity contribution in [1.29, 1.82) is 0 Å². The Kier molecular flexibility index (Phi) is 6.95. The SMILES string of the molecule is Cc1c(C(=O)Nc2ccc(F)c(F)c2)c2n(c1C(=O)C(=O)NC1(c3cn(C[Si](C)(C)C)nn3)CC(F)(F)C1)CCC2. The van der Waals surface area contributed by atoms with E-state index in [1.165, 1.54) is 13.0 Å². The Morgan fingerprint density at radius 3 is 2.44 bits per heavy atom. The maximum absolute atomic E-state index is 14.2. The maximum atomic E-state index is 14.2. The molecule has 2 N–H and O–H groups in total. The average Bonchev–Trinajstić information content (AvgIpc) is 3.55. The van der Waals surface area contributed by atoms with E-state index in [1.54, 1.807) is 15.4 Å². The standard InChI is InChI=1S/C27H30F4N6O3Si/c1-15-21(24(39)32-16-7-8-17(28)18(29)10-16)19-6-5-9-37(19)22(15)23(38)25(40)33-26(12-27(30,31)13-26)20-11-36(35-34-20)14-41(2,3)4/h7-8,10-11H,5-6,9,12-14H2,1-4H3,(H,32,39)(H,33,40). The number of carbonyl (C=O) groups excluding carboxylic acids is 3. The zero-order chi connectivity index (χ0) is 29.9. The molecule has 1 aliphatic carbocycles. The first-order valence-electron chi connectivity index (χ1n) is 13.2. The fourth-order valence-electron chi connectivity index (χ4n) is 5.71. The summed E-state index contributed by atoms with van der Waals surface area (Å²) < 4.78 is 58.5. The Balaban J connectivity index is 1.41. The number of hydrogen-bond donors (Lipinski definition) is 2. The van der Waals surface area contributed by atoms with Crippen molar-refractivity contribution in [3.63, 3.8) is 0 Å². The molecule has 1 aromatic carbocycles. The summed E-state index contributed by atoms with van der Waals surface area (Å²) in [6, 6.07) is 2.92. The van der Waals surface area contributed by atoms with Crippen LogP contribution in [0.2, 0.25) is 19.6 Å². The lowest BCUT2D eigenvalue weighted by Crippen LogP contribution is -2.61. The second kappa shape index (κ2) is 9.93. The molecule has 2 aliphatic rings. The molecule has 9 nitrogen and oxygen atoms in total. The number of amides is 2. The summed E-state index contributed by atoms with van der Waals surface area (Å²) in [5.74, 6) is -7.96. The Labute approximate surface area is 234 Å². The number of fused-ring (bicyclic) bond motifs is 1. The second-order valence-corrected chi connectivity index (χ2v) is 17.5. The highest BCUT2D eigenvalue weighted by Crippen LogP contribution is 2.51. The van der Waals surface area contributed by atoms with Gasteiger partial charge in [-0.15, -0.1) is 5.10 Å². The van der Waals surface area contributed by atoms with Crippen LogP contribution in [0.1, 0.15) is 57.1 Å². The van der Waals surface area contributed by atoms with Crippen LogP contribution in [0, 0.1) is 18.6 Å². The molecule has 3 heterocycles. The number of nitrogens with zero attached hydrogens (tertiary/aromatic N) is 4. The first-order valence-corrected chi connectivity index (χ1v) is 16.9. The van der Waals surface area contributed by atoms with Crippen LogP contribution in [0.3, 0.4) is 0 Å². The van der Waals surface area contributed by atoms with Gasteiger partial charge >= 0.3 is 0 Å². The van der Waals surface area contributed by atoms with Crippen LogP contribution in [0.5, 0.6) is 0 Å². The number of aromatic nitrogens is 4. The molecule has 41 heavy (non-hydrogen) atoms. The number of alkyl halides is 2. The highest BCUT2D eigenvalue weighted by atomic mass is 28.3. The van der Waals surface area contributed by atoms with E-state index in [-0.39, 0.29) is 28.2 Å². The van der Waals surface area contributed by atoms with Gasteiger partial charge in [-0.3, -0.25) is 19.1 Å². The van der Waals surface area contributed by atoms with Gasteiger partial charge in [-0.1, -0.05) is 24.9 Å². The van der Waals surface area contributed by atoms with Crippen molar-refractivity contribution in [2.45, 2.75) is 76.4 Å². The van der Waals surface area contributed by atoms with E-state index in [4.69, 9.17) is 0 Å². The summed E-state index contributed by atoms with van der Waals surface area (Å²) in [5.41, 5.74) is -0.489. The molecule has 0 atom stereocenters. The van der Waals surface area contributed by atoms with Gasteiger partial charge in [0.25, 0.3) is 23.5 Å². The minimum absolute atomic E-state index is 0.0194. The summed E-state index contributed by atoms with van der Waals surface area (Å²) in [5, 5.41) is 13.2. The normalized spacial score (nSPS) is 17.1. The number of hydrogen-bond acceptors (Lipinski definition) is 5. The molecule has 5 rings (SSSR count). The summed E-state index contributed by atoms with van der Waals surface area (Å²) in [7, 11) is -1.61. The predicted molar refractivity (Wildman–Crippen MR) is 144 cm³/mol. The lowest BCUT2D eigenvalue weighted by atomic mass is 9.71. The average molecular weight is 591 g/mol. The summed E-state index contributed by atoms with van der Waals surface area (Å²) in [6.45, 7) is 8.24. The number of Topliss-reactive ketones (excluding diaryl/α,β-unsaturated/α-hetero) is 1. The summed E-state index contributed by atoms with van der Waals surface area (Å²) in [4.78, 5) is 40.0. The molecule has 14 heteroatoms. The second-order valence-electron chi connectivity index (χ2n) is 12.1. The fraction of sp³-hybridized carbons (Fsp3) is 0.444. The number of ketones is 1. The topological polar surface area (TPSA) is 111 Å². The van der Waals surface area contributed by atoms with E-state index in [1.807, 2.05) is 0 Å². The van der Waals surface area contributed by atoms with Crippen LogP contribution >= 0.6 is 0 Å². The third kappa shape index (κ3) is 5.44. The number of benzene rings is 1. The molecule has 3 aromatic rings. The molecule has 218 valence electrons. The summed E-state index contributed by atoms with van der Waals surface area (Å²) in [6.07, 6.45) is 1.75. The number of rotatable bonds is 8. The van der Waals surface area contributed by atoms with Gasteiger partial charge in [-0.25, -0.2) is 17.6 Å². The number of nitrogens with one attached hydrogen (secondary N) is 2. The predicted octanol–water partition coefficient (Wildman–Crippen LogP) is 4.37. The Morgan fingerprint density at radius 2 is 1.80 bits per heavy atom. The molecule has 0 unspecified atom stereocenters. The van der Waals surface area contributed by atoms with Crippen LogP contribution in [-0.2, 0) is 29.5 Å². The van der Waals surface area contributed by atoms with Crippen molar-refractivity contribution >= 4 is 31.4 Å². The lowest BCUT2D eigenvalue weighted by molar-refractivity contribution is -0.148. The Bertz CT molecular complexity index is 1570. The van der Waals surface area contributed by atoms with Gasteiger partial charge in [0.05, 0.1) is 31.1 Å². The van der Waals surface area contributed by atoms with Gasteiger partial charge in [-0.2, -0.15) is 0 Å². The molecular formula is C27H30F4N6O3Si. The molecule has 1 aliphatic heterocycles. The molecule has 0 radical (unpaired) electrons. The Morgan fingerprint density at radius 1 is 1.10 bits per heavy atom. The zero-order valence-electron chi connectivity index (χ0n) is 23.1. The quantitative estimate of drug-likeness (QED) is 0.175. The lowest BCUT2D eigenvalue weighted by Gasteiger charge is -2.46. The number of anilines is 1. The van der Waals surface area contributed by atoms with Crippen molar-refractivity contribution in [2.24, 2.45) is 0 Å². The van der Waals surface area contributed by atoms with Crippen LogP contribution in [0.4, 0.5) is 23.2 Å². The summed E-state index contributed by atoms with van der Waals surface area (Å²) >= 11 is 0. The maximum Gasteiger partial charge on any atom is 0.294 e. The van der Waals surface area contributed by atoms with Gasteiger partial charge in [-0.05, 0) is 37.5 Å². The monoisotopic (exact) mass is 590 g/mol.